The number of hydrogen-bond acceptors (Lipinski definition) is 7. The van der Waals surface area contributed by atoms with Gasteiger partial charge in [-0.1, -0.05) is 11.6 Å². The number of aryl methyl sites for hydroxylation is 1. The molecule has 206 valence electrons. The molecule has 7 N–H and O–H groups in total. The van der Waals surface area contributed by atoms with Crippen LogP contribution in [-0.4, -0.2) is 40.6 Å². The third-order valence-electron chi connectivity index (χ3n) is 5.64. The van der Waals surface area contributed by atoms with E-state index in [4.69, 9.17) is 25.7 Å². The number of nitrogens with one attached hydrogen (secondary N) is 3. The van der Waals surface area contributed by atoms with Gasteiger partial charge in [0.1, 0.15) is 5.84 Å². The number of carbonyl (C=O) groups is 2. The van der Waals surface area contributed by atoms with Crippen molar-refractivity contribution < 1.29 is 29.3 Å². The number of benzene rings is 3. The maximum absolute atomic E-state index is 13.2. The van der Waals surface area contributed by atoms with Crippen molar-refractivity contribution >= 4 is 29.1 Å². The van der Waals surface area contributed by atoms with Crippen molar-refractivity contribution in [2.75, 3.05) is 17.2 Å². The summed E-state index contributed by atoms with van der Waals surface area (Å²) in [5.74, 6) is -0.605. The van der Waals surface area contributed by atoms with Crippen LogP contribution >= 0.6 is 0 Å². The van der Waals surface area contributed by atoms with Crippen LogP contribution in [0.15, 0.2) is 54.6 Å². The first-order valence-corrected chi connectivity index (χ1v) is 12.5. The van der Waals surface area contributed by atoms with Crippen molar-refractivity contribution in [3.8, 4) is 11.5 Å². The Morgan fingerprint density at radius 1 is 1.08 bits per heavy atom. The SMILES string of the molecule is Cc1ccc(NCc2cc(CO)cc(OC(C)C)c2OCCC(=O)O)c(C(=O)Nc2ccc(C(=N)N)cc2)c1. The quantitative estimate of drug-likeness (QED) is 0.140. The molecule has 0 aliphatic rings. The molecule has 0 radical (unpaired) electrons. The summed E-state index contributed by atoms with van der Waals surface area (Å²) in [6, 6.07) is 15.5. The minimum atomic E-state index is -0.987. The number of carbonyl (C=O) groups excluding carboxylic acids is 1. The highest BCUT2D eigenvalue weighted by Crippen LogP contribution is 2.35. The summed E-state index contributed by atoms with van der Waals surface area (Å²) in [4.78, 5) is 24.3. The summed E-state index contributed by atoms with van der Waals surface area (Å²) < 4.78 is 11.7. The maximum atomic E-state index is 13.2. The molecule has 3 aromatic rings. The molecule has 0 bridgehead atoms. The zero-order valence-corrected chi connectivity index (χ0v) is 22.2. The predicted octanol–water partition coefficient (Wildman–Crippen LogP) is 4.28. The predicted molar refractivity (Wildman–Crippen MR) is 150 cm³/mol. The number of aliphatic carboxylic acids is 1. The van der Waals surface area contributed by atoms with Gasteiger partial charge in [-0.3, -0.25) is 15.0 Å². The first kappa shape index (κ1) is 29.0. The van der Waals surface area contributed by atoms with E-state index in [1.807, 2.05) is 26.8 Å². The fourth-order valence-electron chi connectivity index (χ4n) is 3.81. The molecular weight excluding hydrogens is 500 g/mol. The molecule has 0 saturated carbocycles. The van der Waals surface area contributed by atoms with Gasteiger partial charge in [0, 0.05) is 29.0 Å². The van der Waals surface area contributed by atoms with Crippen LogP contribution in [0.3, 0.4) is 0 Å². The Kier molecular flexibility index (Phi) is 9.88. The van der Waals surface area contributed by atoms with Gasteiger partial charge in [0.05, 0.1) is 31.3 Å². The van der Waals surface area contributed by atoms with Crippen molar-refractivity contribution in [2.24, 2.45) is 5.73 Å². The van der Waals surface area contributed by atoms with Gasteiger partial charge in [0.2, 0.25) is 0 Å². The molecule has 3 aromatic carbocycles. The number of rotatable bonds is 13. The number of amidine groups is 1. The Morgan fingerprint density at radius 3 is 2.41 bits per heavy atom. The van der Waals surface area contributed by atoms with E-state index in [1.54, 1.807) is 48.5 Å². The molecule has 1 amide bonds. The smallest absolute Gasteiger partial charge is 0.306 e. The normalized spacial score (nSPS) is 10.7. The second kappa shape index (κ2) is 13.3. The van der Waals surface area contributed by atoms with Crippen molar-refractivity contribution in [1.29, 1.82) is 5.41 Å². The number of aliphatic hydroxyl groups excluding tert-OH is 1. The number of hydrogen-bond donors (Lipinski definition) is 6. The molecule has 0 saturated heterocycles. The first-order valence-electron chi connectivity index (χ1n) is 12.5. The Hall–Kier alpha value is -4.57. The molecule has 3 rings (SSSR count). The Bertz CT molecular complexity index is 1340. The van der Waals surface area contributed by atoms with Gasteiger partial charge in [-0.05, 0) is 74.9 Å². The lowest BCUT2D eigenvalue weighted by molar-refractivity contribution is -0.137. The zero-order chi connectivity index (χ0) is 28.5. The molecule has 39 heavy (non-hydrogen) atoms. The van der Waals surface area contributed by atoms with Crippen molar-refractivity contribution in [2.45, 2.75) is 46.4 Å². The number of nitrogens with two attached hydrogens (primary N) is 1. The average molecular weight is 535 g/mol. The van der Waals surface area contributed by atoms with Gasteiger partial charge in [-0.2, -0.15) is 0 Å². The maximum Gasteiger partial charge on any atom is 0.306 e. The van der Waals surface area contributed by atoms with E-state index >= 15 is 0 Å². The summed E-state index contributed by atoms with van der Waals surface area (Å²) in [6.45, 7) is 5.52. The average Bonchev–Trinajstić information content (AvgIpc) is 2.88. The van der Waals surface area contributed by atoms with Crippen molar-refractivity contribution in [1.82, 2.24) is 0 Å². The molecule has 0 aliphatic heterocycles. The highest BCUT2D eigenvalue weighted by Gasteiger charge is 2.18. The summed E-state index contributed by atoms with van der Waals surface area (Å²) in [7, 11) is 0. The van der Waals surface area contributed by atoms with E-state index in [1.165, 1.54) is 0 Å². The molecule has 0 atom stereocenters. The Labute approximate surface area is 227 Å². The summed E-state index contributed by atoms with van der Waals surface area (Å²) in [6.07, 6.45) is -0.371. The fourth-order valence-corrected chi connectivity index (χ4v) is 3.81. The van der Waals surface area contributed by atoms with Gasteiger partial charge in [0.25, 0.3) is 5.91 Å². The van der Waals surface area contributed by atoms with Crippen LogP contribution < -0.4 is 25.8 Å². The van der Waals surface area contributed by atoms with Gasteiger partial charge >= 0.3 is 5.97 Å². The van der Waals surface area contributed by atoms with E-state index in [2.05, 4.69) is 10.6 Å². The monoisotopic (exact) mass is 534 g/mol. The van der Waals surface area contributed by atoms with Crippen LogP contribution in [0.1, 0.15) is 52.9 Å². The van der Waals surface area contributed by atoms with Crippen LogP contribution in [0.2, 0.25) is 0 Å². The third kappa shape index (κ3) is 8.21. The van der Waals surface area contributed by atoms with Crippen LogP contribution in [0, 0.1) is 12.3 Å². The standard InChI is InChI=1S/C29H34N4O6/c1-17(2)39-25-14-19(16-34)13-21(27(25)38-11-10-26(35)36)15-32-24-9-4-18(3)12-23(24)29(37)33-22-7-5-20(6-8-22)28(30)31/h4-9,12-14,17,32,34H,10-11,15-16H2,1-3H3,(H3,30,31)(H,33,37)(H,35,36). The molecule has 0 fully saturated rings. The number of nitrogen functional groups attached to an aromatic ring is 1. The Balaban J connectivity index is 1.88. The van der Waals surface area contributed by atoms with Crippen molar-refractivity contribution in [3.05, 3.63) is 82.4 Å². The molecule has 0 unspecified atom stereocenters. The van der Waals surface area contributed by atoms with Crippen LogP contribution in [0.25, 0.3) is 0 Å². The Morgan fingerprint density at radius 2 is 1.79 bits per heavy atom. The molecule has 10 heteroatoms. The summed E-state index contributed by atoms with van der Waals surface area (Å²) in [5, 5.41) is 32.5. The topological polar surface area (TPSA) is 167 Å². The largest absolute Gasteiger partial charge is 0.489 e. The molecule has 0 spiro atoms. The molecule has 0 aromatic heterocycles. The second-order valence-corrected chi connectivity index (χ2v) is 9.25. The number of anilines is 2. The minimum absolute atomic E-state index is 0.0587. The number of amides is 1. The van der Waals surface area contributed by atoms with Gasteiger partial charge in [-0.25, -0.2) is 0 Å². The summed E-state index contributed by atoms with van der Waals surface area (Å²) >= 11 is 0. The fraction of sp³-hybridized carbons (Fsp3) is 0.276. The molecular formula is C29H34N4O6. The zero-order valence-electron chi connectivity index (χ0n) is 22.2. The van der Waals surface area contributed by atoms with Gasteiger partial charge in [0.15, 0.2) is 11.5 Å². The molecule has 0 heterocycles. The van der Waals surface area contributed by atoms with Crippen molar-refractivity contribution in [3.63, 3.8) is 0 Å². The lowest BCUT2D eigenvalue weighted by atomic mass is 10.1. The number of carboxylic acids is 1. The lowest BCUT2D eigenvalue weighted by Gasteiger charge is -2.20. The van der Waals surface area contributed by atoms with Crippen LogP contribution in [0.5, 0.6) is 11.5 Å². The van der Waals surface area contributed by atoms with E-state index < -0.39 is 5.97 Å². The second-order valence-electron chi connectivity index (χ2n) is 9.25. The highest BCUT2D eigenvalue weighted by molar-refractivity contribution is 6.08. The van der Waals surface area contributed by atoms with Crippen LogP contribution in [-0.2, 0) is 17.9 Å². The number of aliphatic hydroxyl groups is 1. The first-order chi connectivity index (χ1) is 18.6. The van der Waals surface area contributed by atoms with E-state index in [0.29, 0.717) is 45.1 Å². The van der Waals surface area contributed by atoms with Crippen LogP contribution in [0.4, 0.5) is 11.4 Å². The summed E-state index contributed by atoms with van der Waals surface area (Å²) in [5.41, 5.74) is 9.72. The molecule has 10 nitrogen and oxygen atoms in total. The highest BCUT2D eigenvalue weighted by atomic mass is 16.5. The minimum Gasteiger partial charge on any atom is -0.489 e. The van der Waals surface area contributed by atoms with E-state index in [0.717, 1.165) is 5.56 Å². The van der Waals surface area contributed by atoms with E-state index in [-0.39, 0.29) is 44.0 Å². The number of ether oxygens (including phenoxy) is 2. The third-order valence-corrected chi connectivity index (χ3v) is 5.64. The lowest BCUT2D eigenvalue weighted by Crippen LogP contribution is -2.16. The van der Waals surface area contributed by atoms with Gasteiger partial charge in [-0.15, -0.1) is 0 Å². The number of carboxylic acid groups (broad SMARTS) is 1. The van der Waals surface area contributed by atoms with E-state index in [9.17, 15) is 14.7 Å². The molecule has 0 aliphatic carbocycles. The van der Waals surface area contributed by atoms with Gasteiger partial charge < -0.3 is 36.1 Å².